The van der Waals surface area contributed by atoms with Crippen molar-refractivity contribution in [2.45, 2.75) is 33.2 Å². The number of rotatable bonds is 9. The fraction of sp³-hybridized carbons (Fsp3) is 0.786. The summed E-state index contributed by atoms with van der Waals surface area (Å²) in [6.07, 6.45) is 1.01. The lowest BCUT2D eigenvalue weighted by atomic mass is 10.0. The molecule has 120 valence electrons. The van der Waals surface area contributed by atoms with E-state index in [9.17, 15) is 0 Å². The summed E-state index contributed by atoms with van der Waals surface area (Å²) in [5.41, 5.74) is 0. The Balaban J connectivity index is 2.88. The molecule has 0 aliphatic heterocycles. The van der Waals surface area contributed by atoms with Gasteiger partial charge in [0.15, 0.2) is 0 Å². The molecular formula is C14H28N6O. The summed E-state index contributed by atoms with van der Waals surface area (Å²) in [5, 5.41) is 6.54. The number of nitrogens with one attached hydrogen (secondary N) is 2. The van der Waals surface area contributed by atoms with Crippen LogP contribution in [0, 0.1) is 5.92 Å². The van der Waals surface area contributed by atoms with Gasteiger partial charge in [-0.1, -0.05) is 20.8 Å². The molecule has 0 radical (unpaired) electrons. The molecule has 0 amide bonds. The van der Waals surface area contributed by atoms with Crippen molar-refractivity contribution in [1.82, 2.24) is 19.9 Å². The van der Waals surface area contributed by atoms with Crippen LogP contribution in [-0.4, -0.2) is 60.2 Å². The molecule has 1 unspecified atom stereocenters. The molecule has 0 aliphatic carbocycles. The van der Waals surface area contributed by atoms with Crippen LogP contribution in [0.3, 0.4) is 0 Å². The molecule has 0 aliphatic rings. The zero-order chi connectivity index (χ0) is 15.8. The van der Waals surface area contributed by atoms with Crippen LogP contribution < -0.4 is 15.4 Å². The predicted molar refractivity (Wildman–Crippen MR) is 86.0 cm³/mol. The standard InChI is InChI=1S/C14H28N6O/c1-7-8-15-12-17-13(19-14(18-12)21-6)16-11(10(2)3)9-20(4)5/h10-11H,7-9H2,1-6H3,(H2,15,16,17,18,19). The fourth-order valence-electron chi connectivity index (χ4n) is 1.81. The molecule has 7 nitrogen and oxygen atoms in total. The van der Waals surface area contributed by atoms with Crippen molar-refractivity contribution in [2.24, 2.45) is 5.92 Å². The number of hydrogen-bond acceptors (Lipinski definition) is 7. The van der Waals surface area contributed by atoms with Crippen molar-refractivity contribution in [1.29, 1.82) is 0 Å². The average Bonchev–Trinajstić information content (AvgIpc) is 2.43. The molecule has 0 saturated heterocycles. The van der Waals surface area contributed by atoms with Crippen LogP contribution in [0.15, 0.2) is 0 Å². The molecule has 21 heavy (non-hydrogen) atoms. The fourth-order valence-corrected chi connectivity index (χ4v) is 1.81. The maximum Gasteiger partial charge on any atom is 0.322 e. The zero-order valence-corrected chi connectivity index (χ0v) is 14.0. The molecule has 7 heteroatoms. The number of hydrogen-bond donors (Lipinski definition) is 2. The molecule has 0 bridgehead atoms. The first-order chi connectivity index (χ1) is 9.96. The van der Waals surface area contributed by atoms with Crippen LogP contribution in [0.25, 0.3) is 0 Å². The highest BCUT2D eigenvalue weighted by atomic mass is 16.5. The predicted octanol–water partition coefficient (Wildman–Crippen LogP) is 1.70. The van der Waals surface area contributed by atoms with E-state index in [1.54, 1.807) is 7.11 Å². The van der Waals surface area contributed by atoms with Crippen LogP contribution in [0.2, 0.25) is 0 Å². The molecule has 1 rings (SSSR count). The van der Waals surface area contributed by atoms with Gasteiger partial charge in [-0.25, -0.2) is 0 Å². The second-order valence-corrected chi connectivity index (χ2v) is 5.65. The van der Waals surface area contributed by atoms with Gasteiger partial charge in [0.1, 0.15) is 0 Å². The summed E-state index contributed by atoms with van der Waals surface area (Å²) in [6, 6.07) is 0.574. The van der Waals surface area contributed by atoms with Crippen LogP contribution in [0.4, 0.5) is 11.9 Å². The van der Waals surface area contributed by atoms with Gasteiger partial charge < -0.3 is 20.3 Å². The molecule has 1 atom stereocenters. The van der Waals surface area contributed by atoms with Gasteiger partial charge in [-0.15, -0.1) is 0 Å². The van der Waals surface area contributed by atoms with Gasteiger partial charge >= 0.3 is 6.01 Å². The molecule has 0 saturated carbocycles. The Morgan fingerprint density at radius 2 is 1.81 bits per heavy atom. The number of methoxy groups -OCH3 is 1. The van der Waals surface area contributed by atoms with Crippen LogP contribution in [0.5, 0.6) is 6.01 Å². The summed E-state index contributed by atoms with van der Waals surface area (Å²) in [6.45, 7) is 8.17. The van der Waals surface area contributed by atoms with Gasteiger partial charge in [0.2, 0.25) is 11.9 Å². The Hall–Kier alpha value is -1.63. The smallest absolute Gasteiger partial charge is 0.322 e. The third-order valence-corrected chi connectivity index (χ3v) is 3.01. The van der Waals surface area contributed by atoms with Crippen molar-refractivity contribution in [3.05, 3.63) is 0 Å². The Morgan fingerprint density at radius 3 is 2.33 bits per heavy atom. The monoisotopic (exact) mass is 296 g/mol. The summed E-state index contributed by atoms with van der Waals surface area (Å²) in [5.74, 6) is 1.54. The van der Waals surface area contributed by atoms with Gasteiger partial charge in [0.25, 0.3) is 0 Å². The van der Waals surface area contributed by atoms with Gasteiger partial charge in [-0.05, 0) is 26.4 Å². The van der Waals surface area contributed by atoms with Crippen molar-refractivity contribution in [3.8, 4) is 6.01 Å². The number of nitrogens with zero attached hydrogens (tertiary/aromatic N) is 4. The minimum absolute atomic E-state index is 0.256. The number of aromatic nitrogens is 3. The SMILES string of the molecule is CCCNc1nc(NC(CN(C)C)C(C)C)nc(OC)n1. The average molecular weight is 296 g/mol. The van der Waals surface area contributed by atoms with E-state index in [4.69, 9.17) is 4.74 Å². The van der Waals surface area contributed by atoms with Gasteiger partial charge in [0, 0.05) is 19.1 Å². The minimum Gasteiger partial charge on any atom is -0.467 e. The third-order valence-electron chi connectivity index (χ3n) is 3.01. The van der Waals surface area contributed by atoms with Crippen LogP contribution >= 0.6 is 0 Å². The first kappa shape index (κ1) is 17.4. The van der Waals surface area contributed by atoms with E-state index in [2.05, 4.69) is 65.4 Å². The highest BCUT2D eigenvalue weighted by molar-refractivity contribution is 5.36. The van der Waals surface area contributed by atoms with E-state index in [0.29, 0.717) is 23.8 Å². The van der Waals surface area contributed by atoms with Crippen molar-refractivity contribution < 1.29 is 4.74 Å². The second kappa shape index (κ2) is 8.61. The van der Waals surface area contributed by atoms with E-state index in [-0.39, 0.29) is 6.04 Å². The Morgan fingerprint density at radius 1 is 1.14 bits per heavy atom. The van der Waals surface area contributed by atoms with E-state index >= 15 is 0 Å². The Labute approximate surface area is 127 Å². The Kier molecular flexibility index (Phi) is 7.14. The minimum atomic E-state index is 0.256. The van der Waals surface area contributed by atoms with E-state index in [1.165, 1.54) is 0 Å². The summed E-state index contributed by atoms with van der Waals surface area (Å²) < 4.78 is 5.15. The van der Waals surface area contributed by atoms with E-state index < -0.39 is 0 Å². The second-order valence-electron chi connectivity index (χ2n) is 5.65. The summed E-state index contributed by atoms with van der Waals surface area (Å²) >= 11 is 0. The lowest BCUT2D eigenvalue weighted by molar-refractivity contribution is 0.342. The number of anilines is 2. The quantitative estimate of drug-likeness (QED) is 0.718. The molecule has 0 aromatic carbocycles. The van der Waals surface area contributed by atoms with Crippen LogP contribution in [0.1, 0.15) is 27.2 Å². The van der Waals surface area contributed by atoms with Crippen molar-refractivity contribution in [3.63, 3.8) is 0 Å². The third kappa shape index (κ3) is 6.12. The molecule has 1 aromatic heterocycles. The zero-order valence-electron chi connectivity index (χ0n) is 14.0. The van der Waals surface area contributed by atoms with Gasteiger partial charge in [-0.2, -0.15) is 15.0 Å². The van der Waals surface area contributed by atoms with Crippen molar-refractivity contribution in [2.75, 3.05) is 44.9 Å². The molecular weight excluding hydrogens is 268 g/mol. The molecule has 1 aromatic rings. The lowest BCUT2D eigenvalue weighted by Gasteiger charge is -2.25. The molecule has 0 spiro atoms. The molecule has 2 N–H and O–H groups in total. The maximum absolute atomic E-state index is 5.15. The maximum atomic E-state index is 5.15. The molecule has 0 fully saturated rings. The summed E-state index contributed by atoms with van der Waals surface area (Å²) in [4.78, 5) is 15.0. The first-order valence-electron chi connectivity index (χ1n) is 7.41. The van der Waals surface area contributed by atoms with Gasteiger partial charge in [0.05, 0.1) is 7.11 Å². The number of likely N-dealkylation sites (N-methyl/N-ethyl adjacent to an activating group) is 1. The lowest BCUT2D eigenvalue weighted by Crippen LogP contribution is -2.37. The highest BCUT2D eigenvalue weighted by Gasteiger charge is 2.17. The molecule has 1 heterocycles. The van der Waals surface area contributed by atoms with E-state index in [0.717, 1.165) is 19.5 Å². The van der Waals surface area contributed by atoms with E-state index in [1.807, 2.05) is 0 Å². The largest absolute Gasteiger partial charge is 0.467 e. The highest BCUT2D eigenvalue weighted by Crippen LogP contribution is 2.14. The topological polar surface area (TPSA) is 75.2 Å². The van der Waals surface area contributed by atoms with Crippen molar-refractivity contribution >= 4 is 11.9 Å². The normalized spacial score (nSPS) is 12.6. The number of ether oxygens (including phenoxy) is 1. The van der Waals surface area contributed by atoms with Gasteiger partial charge in [-0.3, -0.25) is 0 Å². The van der Waals surface area contributed by atoms with Crippen LogP contribution in [-0.2, 0) is 0 Å². The first-order valence-corrected chi connectivity index (χ1v) is 7.41. The Bertz CT molecular complexity index is 424. The summed E-state index contributed by atoms with van der Waals surface area (Å²) in [7, 11) is 5.67.